The molecule has 0 aliphatic carbocycles. The molecule has 0 fully saturated rings. The first-order valence-corrected chi connectivity index (χ1v) is 15.0. The fraction of sp³-hybridized carbons (Fsp3) is 0.400. The molecule has 176 valence electrons. The van der Waals surface area contributed by atoms with Crippen molar-refractivity contribution in [2.24, 2.45) is 4.99 Å². The molecule has 2 aromatic carbocycles. The van der Waals surface area contributed by atoms with Crippen LogP contribution in [0.2, 0.25) is 25.7 Å². The van der Waals surface area contributed by atoms with Crippen LogP contribution >= 0.6 is 0 Å². The van der Waals surface area contributed by atoms with Gasteiger partial charge in [0, 0.05) is 52.1 Å². The summed E-state index contributed by atoms with van der Waals surface area (Å²) >= 11 is 0. The zero-order chi connectivity index (χ0) is 23.7. The van der Waals surface area contributed by atoms with Crippen LogP contribution in [0, 0.1) is 5.41 Å². The van der Waals surface area contributed by atoms with Gasteiger partial charge in [0.2, 0.25) is 0 Å². The topological polar surface area (TPSA) is 92.7 Å². The van der Waals surface area contributed by atoms with Gasteiger partial charge in [0.1, 0.15) is 18.2 Å². The minimum absolute atomic E-state index is 0.151. The van der Waals surface area contributed by atoms with Gasteiger partial charge in [-0.05, 0) is 60.5 Å². The van der Waals surface area contributed by atoms with Crippen molar-refractivity contribution in [3.05, 3.63) is 54.2 Å². The van der Waals surface area contributed by atoms with Crippen molar-refractivity contribution >= 4 is 30.9 Å². The number of aliphatic hydroxyl groups excluding tert-OH is 1. The highest BCUT2D eigenvalue weighted by molar-refractivity contribution is 6.76. The molecular formula is C25H34N4O3Si. The molecule has 3 rings (SSSR count). The lowest BCUT2D eigenvalue weighted by molar-refractivity contribution is 0.155. The van der Waals surface area contributed by atoms with Crippen LogP contribution in [0.4, 0.5) is 0 Å². The van der Waals surface area contributed by atoms with E-state index < -0.39 is 8.07 Å². The normalized spacial score (nSPS) is 12.3. The number of hydrogen-bond donors (Lipinski definition) is 2. The third kappa shape index (κ3) is 7.92. The van der Waals surface area contributed by atoms with E-state index in [1.807, 2.05) is 53.3 Å². The summed E-state index contributed by atoms with van der Waals surface area (Å²) in [5.74, 6) is 1.47. The van der Waals surface area contributed by atoms with Gasteiger partial charge in [0.15, 0.2) is 0 Å². The molecule has 0 unspecified atom stereocenters. The van der Waals surface area contributed by atoms with Crippen molar-refractivity contribution in [2.75, 3.05) is 19.9 Å². The van der Waals surface area contributed by atoms with Crippen LogP contribution in [0.5, 0.6) is 11.5 Å². The van der Waals surface area contributed by atoms with E-state index in [0.717, 1.165) is 46.3 Å². The minimum atomic E-state index is -1.11. The second kappa shape index (κ2) is 11.9. The minimum Gasteiger partial charge on any atom is -0.457 e. The number of nitrogens with zero attached hydrogens (tertiary/aromatic N) is 3. The summed E-state index contributed by atoms with van der Waals surface area (Å²) in [5, 5.41) is 22.0. The standard InChI is InChI=1S/C25H34N4O3Si/c1-33(2,3)16-15-31-19-27-24(11-12-26)20-5-7-22(8-6-20)32-23-9-10-25-21(17-23)18-29(28-25)13-4-14-30/h5-10,12,17-18,26,30H,4,11,13-16,19H2,1-3H3. The number of aliphatic hydroxyl groups is 1. The Balaban J connectivity index is 1.62. The monoisotopic (exact) mass is 466 g/mol. The summed E-state index contributed by atoms with van der Waals surface area (Å²) < 4.78 is 13.6. The maximum atomic E-state index is 9.00. The molecule has 8 heteroatoms. The van der Waals surface area contributed by atoms with Gasteiger partial charge in [-0.15, -0.1) is 0 Å². The first-order valence-electron chi connectivity index (χ1n) is 11.3. The van der Waals surface area contributed by atoms with Gasteiger partial charge in [-0.3, -0.25) is 9.67 Å². The average Bonchev–Trinajstić information content (AvgIpc) is 3.19. The number of aromatic nitrogens is 2. The Hall–Kier alpha value is -2.81. The number of hydrogen-bond acceptors (Lipinski definition) is 6. The molecule has 0 saturated carbocycles. The molecule has 0 atom stereocenters. The molecule has 0 saturated heterocycles. The Morgan fingerprint density at radius 3 is 2.61 bits per heavy atom. The first-order chi connectivity index (χ1) is 15.9. The molecule has 33 heavy (non-hydrogen) atoms. The van der Waals surface area contributed by atoms with Gasteiger partial charge >= 0.3 is 0 Å². The van der Waals surface area contributed by atoms with Gasteiger partial charge < -0.3 is 20.0 Å². The van der Waals surface area contributed by atoms with Crippen LogP contribution in [0.1, 0.15) is 18.4 Å². The van der Waals surface area contributed by atoms with Crippen LogP contribution in [0.15, 0.2) is 53.7 Å². The lowest BCUT2D eigenvalue weighted by Crippen LogP contribution is -2.21. The Morgan fingerprint density at radius 1 is 1.15 bits per heavy atom. The third-order valence-electron chi connectivity index (χ3n) is 5.13. The second-order valence-electron chi connectivity index (χ2n) is 9.18. The maximum Gasteiger partial charge on any atom is 0.137 e. The lowest BCUT2D eigenvalue weighted by Gasteiger charge is -2.14. The molecular weight excluding hydrogens is 432 g/mol. The van der Waals surface area contributed by atoms with E-state index in [9.17, 15) is 0 Å². The van der Waals surface area contributed by atoms with E-state index >= 15 is 0 Å². The quantitative estimate of drug-likeness (QED) is 0.202. The van der Waals surface area contributed by atoms with Crippen molar-refractivity contribution in [2.45, 2.75) is 45.1 Å². The molecule has 0 amide bonds. The van der Waals surface area contributed by atoms with Crippen LogP contribution in [0.3, 0.4) is 0 Å². The fourth-order valence-corrected chi connectivity index (χ4v) is 4.01. The third-order valence-corrected chi connectivity index (χ3v) is 6.83. The number of fused-ring (bicyclic) bond motifs is 1. The number of aliphatic imine (C=N–C) groups is 1. The molecule has 2 N–H and O–H groups in total. The van der Waals surface area contributed by atoms with Gasteiger partial charge in [-0.2, -0.15) is 5.10 Å². The highest BCUT2D eigenvalue weighted by Gasteiger charge is 2.12. The number of rotatable bonds is 13. The zero-order valence-electron chi connectivity index (χ0n) is 19.8. The average molecular weight is 467 g/mol. The molecule has 1 heterocycles. The summed E-state index contributed by atoms with van der Waals surface area (Å²) in [6.07, 6.45) is 4.47. The number of nitrogens with one attached hydrogen (secondary N) is 1. The van der Waals surface area contributed by atoms with Crippen LogP contribution in [-0.2, 0) is 11.3 Å². The smallest absolute Gasteiger partial charge is 0.137 e. The molecule has 0 radical (unpaired) electrons. The fourth-order valence-electron chi connectivity index (χ4n) is 3.25. The van der Waals surface area contributed by atoms with E-state index in [1.165, 1.54) is 6.21 Å². The molecule has 0 bridgehead atoms. The Kier molecular flexibility index (Phi) is 8.93. The molecule has 1 aromatic heterocycles. The van der Waals surface area contributed by atoms with Crippen molar-refractivity contribution < 1.29 is 14.6 Å². The Morgan fingerprint density at radius 2 is 1.91 bits per heavy atom. The summed E-state index contributed by atoms with van der Waals surface area (Å²) in [5.41, 5.74) is 2.69. The van der Waals surface area contributed by atoms with E-state index in [0.29, 0.717) is 26.1 Å². The predicted octanol–water partition coefficient (Wildman–Crippen LogP) is 5.35. The van der Waals surface area contributed by atoms with Gasteiger partial charge in [-0.1, -0.05) is 19.6 Å². The van der Waals surface area contributed by atoms with Crippen LogP contribution in [-0.4, -0.2) is 54.8 Å². The van der Waals surface area contributed by atoms with Gasteiger partial charge in [0.05, 0.1) is 11.2 Å². The molecule has 0 spiro atoms. The van der Waals surface area contributed by atoms with Crippen molar-refractivity contribution in [1.29, 1.82) is 5.41 Å². The predicted molar refractivity (Wildman–Crippen MR) is 137 cm³/mol. The summed E-state index contributed by atoms with van der Waals surface area (Å²) in [6.45, 7) is 8.87. The maximum absolute atomic E-state index is 9.00. The van der Waals surface area contributed by atoms with Gasteiger partial charge in [-0.25, -0.2) is 0 Å². The van der Waals surface area contributed by atoms with Gasteiger partial charge in [0.25, 0.3) is 0 Å². The SMILES string of the molecule is C[Si](C)(C)CCOCN=C(CC=N)c1ccc(Oc2ccc3nn(CCCO)cc3c2)cc1. The van der Waals surface area contributed by atoms with E-state index in [2.05, 4.69) is 29.7 Å². The van der Waals surface area contributed by atoms with Crippen molar-refractivity contribution in [3.63, 3.8) is 0 Å². The van der Waals surface area contributed by atoms with E-state index in [4.69, 9.17) is 20.0 Å². The van der Waals surface area contributed by atoms with E-state index in [1.54, 1.807) is 0 Å². The van der Waals surface area contributed by atoms with Crippen molar-refractivity contribution in [3.8, 4) is 11.5 Å². The molecule has 0 aliphatic heterocycles. The summed E-state index contributed by atoms with van der Waals surface area (Å²) in [6, 6.07) is 14.7. The number of ether oxygens (including phenoxy) is 2. The molecule has 7 nitrogen and oxygen atoms in total. The number of aryl methyl sites for hydroxylation is 1. The van der Waals surface area contributed by atoms with Crippen LogP contribution < -0.4 is 4.74 Å². The second-order valence-corrected chi connectivity index (χ2v) is 14.8. The number of benzene rings is 2. The zero-order valence-corrected chi connectivity index (χ0v) is 20.8. The largest absolute Gasteiger partial charge is 0.457 e. The highest BCUT2D eigenvalue weighted by atomic mass is 28.3. The molecule has 0 aliphatic rings. The summed E-state index contributed by atoms with van der Waals surface area (Å²) in [7, 11) is -1.11. The highest BCUT2D eigenvalue weighted by Crippen LogP contribution is 2.26. The Labute approximate surface area is 196 Å². The van der Waals surface area contributed by atoms with E-state index in [-0.39, 0.29) is 6.61 Å². The van der Waals surface area contributed by atoms with Crippen molar-refractivity contribution in [1.82, 2.24) is 9.78 Å². The Bertz CT molecular complexity index is 1070. The lowest BCUT2D eigenvalue weighted by atomic mass is 10.1. The first kappa shape index (κ1) is 24.8. The molecule has 3 aromatic rings. The van der Waals surface area contributed by atoms with Crippen LogP contribution in [0.25, 0.3) is 10.9 Å². The summed E-state index contributed by atoms with van der Waals surface area (Å²) in [4.78, 5) is 4.57.